The number of hydrogen-bond donors (Lipinski definition) is 1. The number of rotatable bonds is 3. The third kappa shape index (κ3) is 4.39. The highest BCUT2D eigenvalue weighted by Crippen LogP contribution is 2.39. The summed E-state index contributed by atoms with van der Waals surface area (Å²) in [5.74, 6) is -4.06. The topological polar surface area (TPSA) is 62.8 Å². The smallest absolute Gasteiger partial charge is 0.334 e. The molecule has 3 rings (SSSR count). The summed E-state index contributed by atoms with van der Waals surface area (Å²) in [5, 5.41) is 0.156. The Bertz CT molecular complexity index is 1200. The number of H-pyrrole nitrogens is 1. The predicted molar refractivity (Wildman–Crippen MR) is 97.5 cm³/mol. The van der Waals surface area contributed by atoms with E-state index in [1.54, 1.807) is 0 Å². The van der Waals surface area contributed by atoms with Crippen LogP contribution in [0.2, 0.25) is 10.0 Å². The first kappa shape index (κ1) is 21.5. The van der Waals surface area contributed by atoms with Gasteiger partial charge in [0.2, 0.25) is 5.82 Å². The molecule has 4 nitrogen and oxygen atoms in total. The van der Waals surface area contributed by atoms with Gasteiger partial charge in [-0.25, -0.2) is 22.2 Å². The van der Waals surface area contributed by atoms with Crippen molar-refractivity contribution in [1.29, 1.82) is 0 Å². The van der Waals surface area contributed by atoms with Crippen LogP contribution >= 0.6 is 23.2 Å². The van der Waals surface area contributed by atoms with E-state index in [1.807, 2.05) is 4.98 Å². The lowest BCUT2D eigenvalue weighted by atomic mass is 10.0. The second-order valence-electron chi connectivity index (χ2n) is 6.00. The Kier molecular flexibility index (Phi) is 5.39. The van der Waals surface area contributed by atoms with Gasteiger partial charge in [-0.2, -0.15) is 13.2 Å². The molecule has 0 saturated heterocycles. The van der Waals surface area contributed by atoms with Crippen molar-refractivity contribution in [1.82, 2.24) is 9.97 Å². The Morgan fingerprint density at radius 1 is 0.966 bits per heavy atom. The average molecular weight is 471 g/mol. The zero-order valence-corrected chi connectivity index (χ0v) is 16.5. The SMILES string of the molecule is CS(=O)(=O)c1cc(F)c(-c2[nH]c(C(F)(F)F)nc2-c2cc(Cl)cc(Cl)c2)cc1F. The highest BCUT2D eigenvalue weighted by Gasteiger charge is 2.36. The fourth-order valence-corrected chi connectivity index (χ4v) is 3.86. The minimum absolute atomic E-state index is 0.0104. The molecule has 0 spiro atoms. The van der Waals surface area contributed by atoms with Crippen molar-refractivity contribution >= 4 is 33.0 Å². The summed E-state index contributed by atoms with van der Waals surface area (Å²) in [7, 11) is -4.10. The van der Waals surface area contributed by atoms with Crippen LogP contribution in [0.25, 0.3) is 22.5 Å². The van der Waals surface area contributed by atoms with Gasteiger partial charge in [-0.05, 0) is 30.3 Å². The highest BCUT2D eigenvalue weighted by molar-refractivity contribution is 7.90. The second-order valence-corrected chi connectivity index (χ2v) is 8.86. The maximum atomic E-state index is 14.6. The van der Waals surface area contributed by atoms with Gasteiger partial charge in [0.25, 0.3) is 0 Å². The Labute approximate surface area is 171 Å². The Hall–Kier alpha value is -2.17. The normalized spacial score (nSPS) is 12.4. The molecule has 3 aromatic rings. The Morgan fingerprint density at radius 2 is 1.55 bits per heavy atom. The van der Waals surface area contributed by atoms with Gasteiger partial charge in [-0.1, -0.05) is 23.2 Å². The number of sulfone groups is 1. The molecule has 0 saturated carbocycles. The van der Waals surface area contributed by atoms with E-state index in [-0.39, 0.29) is 15.6 Å². The van der Waals surface area contributed by atoms with E-state index < -0.39 is 55.3 Å². The van der Waals surface area contributed by atoms with Gasteiger partial charge < -0.3 is 4.98 Å². The molecule has 1 heterocycles. The number of aromatic nitrogens is 2. The lowest BCUT2D eigenvalue weighted by Crippen LogP contribution is -2.07. The lowest BCUT2D eigenvalue weighted by Gasteiger charge is -2.08. The Morgan fingerprint density at radius 3 is 2.07 bits per heavy atom. The molecule has 0 atom stereocenters. The van der Waals surface area contributed by atoms with Crippen molar-refractivity contribution in [2.24, 2.45) is 0 Å². The molecule has 0 radical (unpaired) electrons. The van der Waals surface area contributed by atoms with E-state index >= 15 is 0 Å². The number of nitrogens with zero attached hydrogens (tertiary/aromatic N) is 1. The first-order chi connectivity index (χ1) is 13.3. The van der Waals surface area contributed by atoms with Crippen molar-refractivity contribution in [3.05, 3.63) is 57.8 Å². The molecule has 1 aromatic heterocycles. The number of benzene rings is 2. The fraction of sp³-hybridized carbons (Fsp3) is 0.118. The van der Waals surface area contributed by atoms with Gasteiger partial charge in [0.1, 0.15) is 16.5 Å². The number of halogens is 7. The molecule has 0 unspecified atom stereocenters. The van der Waals surface area contributed by atoms with Crippen molar-refractivity contribution in [2.45, 2.75) is 11.1 Å². The minimum Gasteiger partial charge on any atom is -0.334 e. The van der Waals surface area contributed by atoms with Crippen LogP contribution in [-0.2, 0) is 16.0 Å². The summed E-state index contributed by atoms with van der Waals surface area (Å²) in [5.41, 5.74) is -1.56. The van der Waals surface area contributed by atoms with Gasteiger partial charge in [0.05, 0.1) is 11.4 Å². The number of imidazole rings is 1. The van der Waals surface area contributed by atoms with E-state index in [4.69, 9.17) is 23.2 Å². The van der Waals surface area contributed by atoms with Crippen LogP contribution in [-0.4, -0.2) is 24.6 Å². The summed E-state index contributed by atoms with van der Waals surface area (Å²) in [6, 6.07) is 4.68. The molecule has 0 fully saturated rings. The van der Waals surface area contributed by atoms with Gasteiger partial charge in [0.15, 0.2) is 9.84 Å². The number of hydrogen-bond acceptors (Lipinski definition) is 3. The van der Waals surface area contributed by atoms with E-state index in [0.717, 1.165) is 0 Å². The molecule has 1 N–H and O–H groups in total. The molecule has 29 heavy (non-hydrogen) atoms. The summed E-state index contributed by atoms with van der Waals surface area (Å²) < 4.78 is 91.5. The van der Waals surface area contributed by atoms with Crippen LogP contribution in [0.1, 0.15) is 5.82 Å². The minimum atomic E-state index is -4.92. The molecule has 0 amide bonds. The third-order valence-corrected chi connectivity index (χ3v) is 5.35. The molecular weight excluding hydrogens is 462 g/mol. The second kappa shape index (κ2) is 7.26. The molecular formula is C17H9Cl2F5N2O2S. The van der Waals surface area contributed by atoms with Gasteiger partial charge in [-0.15, -0.1) is 0 Å². The third-order valence-electron chi connectivity index (χ3n) is 3.80. The summed E-state index contributed by atoms with van der Waals surface area (Å²) in [6.07, 6.45) is -4.25. The van der Waals surface area contributed by atoms with Crippen LogP contribution in [0.3, 0.4) is 0 Å². The molecule has 2 aromatic carbocycles. The van der Waals surface area contributed by atoms with Crippen molar-refractivity contribution in [3.8, 4) is 22.5 Å². The molecule has 0 aliphatic carbocycles. The monoisotopic (exact) mass is 470 g/mol. The maximum Gasteiger partial charge on any atom is 0.449 e. The quantitative estimate of drug-likeness (QED) is 0.495. The first-order valence-corrected chi connectivity index (χ1v) is 10.2. The zero-order valence-electron chi connectivity index (χ0n) is 14.2. The van der Waals surface area contributed by atoms with Crippen LogP contribution in [0.4, 0.5) is 22.0 Å². The van der Waals surface area contributed by atoms with E-state index in [9.17, 15) is 30.4 Å². The van der Waals surface area contributed by atoms with Crippen LogP contribution in [0, 0.1) is 11.6 Å². The summed E-state index contributed by atoms with van der Waals surface area (Å²) in [6.45, 7) is 0. The largest absolute Gasteiger partial charge is 0.449 e. The molecule has 0 aliphatic heterocycles. The van der Waals surface area contributed by atoms with E-state index in [0.29, 0.717) is 18.4 Å². The van der Waals surface area contributed by atoms with Gasteiger partial charge in [0, 0.05) is 27.4 Å². The predicted octanol–water partition coefficient (Wildman–Crippen LogP) is 5.75. The Balaban J connectivity index is 2.32. The van der Waals surface area contributed by atoms with E-state index in [1.165, 1.54) is 18.2 Å². The van der Waals surface area contributed by atoms with E-state index in [2.05, 4.69) is 4.98 Å². The van der Waals surface area contributed by atoms with Gasteiger partial charge in [-0.3, -0.25) is 0 Å². The molecule has 12 heteroatoms. The van der Waals surface area contributed by atoms with Gasteiger partial charge >= 0.3 is 6.18 Å². The highest BCUT2D eigenvalue weighted by atomic mass is 35.5. The molecule has 0 aliphatic rings. The van der Waals surface area contributed by atoms with Crippen molar-refractivity contribution in [3.63, 3.8) is 0 Å². The number of aromatic amines is 1. The average Bonchev–Trinajstić information content (AvgIpc) is 3.00. The summed E-state index contributed by atoms with van der Waals surface area (Å²) >= 11 is 11.8. The summed E-state index contributed by atoms with van der Waals surface area (Å²) in [4.78, 5) is 4.44. The lowest BCUT2D eigenvalue weighted by molar-refractivity contribution is -0.144. The van der Waals surface area contributed by atoms with Crippen LogP contribution in [0.5, 0.6) is 0 Å². The van der Waals surface area contributed by atoms with Crippen LogP contribution < -0.4 is 0 Å². The standard InChI is InChI=1S/C17H9Cl2F5N2O2S/c1-29(27,28)13-6-11(20)10(5-12(13)21)15-14(25-16(26-15)17(22,23)24)7-2-8(18)4-9(19)3-7/h2-6H,1H3,(H,25,26). The molecule has 0 bridgehead atoms. The molecule has 154 valence electrons. The van der Waals surface area contributed by atoms with Crippen molar-refractivity contribution in [2.75, 3.05) is 6.26 Å². The van der Waals surface area contributed by atoms with Crippen LogP contribution in [0.15, 0.2) is 35.2 Å². The number of nitrogens with one attached hydrogen (secondary N) is 1. The first-order valence-electron chi connectivity index (χ1n) is 7.60. The number of alkyl halides is 3. The van der Waals surface area contributed by atoms with Crippen molar-refractivity contribution < 1.29 is 30.4 Å². The zero-order chi connectivity index (χ0) is 21.7. The maximum absolute atomic E-state index is 14.6. The fourth-order valence-electron chi connectivity index (χ4n) is 2.61.